The number of aliphatic hydroxyl groups excluding tert-OH is 1. The molecule has 0 aromatic heterocycles. The first-order chi connectivity index (χ1) is 10.1. The van der Waals surface area contributed by atoms with Gasteiger partial charge in [-0.2, -0.15) is 0 Å². The summed E-state index contributed by atoms with van der Waals surface area (Å²) in [6.45, 7) is 2.50. The van der Waals surface area contributed by atoms with Gasteiger partial charge in [0.2, 0.25) is 0 Å². The van der Waals surface area contributed by atoms with Crippen LogP contribution in [0.1, 0.15) is 6.92 Å². The van der Waals surface area contributed by atoms with Gasteiger partial charge in [0.05, 0.1) is 0 Å². The molecule has 2 saturated heterocycles. The van der Waals surface area contributed by atoms with E-state index in [0.717, 1.165) is 0 Å². The Labute approximate surface area is 121 Å². The highest BCUT2D eigenvalue weighted by Crippen LogP contribution is 2.37. The van der Waals surface area contributed by atoms with Gasteiger partial charge < -0.3 is 19.3 Å². The zero-order chi connectivity index (χ0) is 15.0. The minimum Gasteiger partial charge on any atom is -0.486 e. The number of para-hydroxylation sites is 1. The number of nitrogens with zero attached hydrogens (tertiary/aromatic N) is 1. The van der Waals surface area contributed by atoms with Crippen LogP contribution in [-0.2, 0) is 19.1 Å². The van der Waals surface area contributed by atoms with Crippen LogP contribution in [-0.4, -0.2) is 53.2 Å². The van der Waals surface area contributed by atoms with E-state index < -0.39 is 30.1 Å². The van der Waals surface area contributed by atoms with Crippen LogP contribution in [0.15, 0.2) is 30.3 Å². The first kappa shape index (κ1) is 13.8. The van der Waals surface area contributed by atoms with Crippen molar-refractivity contribution in [3.05, 3.63) is 30.3 Å². The fourth-order valence-corrected chi connectivity index (χ4v) is 2.61. The van der Waals surface area contributed by atoms with Crippen LogP contribution in [0.25, 0.3) is 0 Å². The van der Waals surface area contributed by atoms with E-state index in [9.17, 15) is 14.7 Å². The lowest BCUT2D eigenvalue weighted by atomic mass is 10.2. The average molecular weight is 293 g/mol. The molecule has 2 aliphatic rings. The maximum atomic E-state index is 11.3. The molecule has 0 aliphatic carbocycles. The number of benzene rings is 1. The van der Waals surface area contributed by atoms with Crippen LogP contribution in [0.3, 0.4) is 0 Å². The van der Waals surface area contributed by atoms with Gasteiger partial charge in [0.15, 0.2) is 6.10 Å². The van der Waals surface area contributed by atoms with Crippen molar-refractivity contribution in [1.82, 2.24) is 4.90 Å². The number of ether oxygens (including phenoxy) is 3. The molecule has 0 radical (unpaired) electrons. The van der Waals surface area contributed by atoms with Gasteiger partial charge >= 0.3 is 17.8 Å². The molecule has 2 atom stereocenters. The summed E-state index contributed by atoms with van der Waals surface area (Å²) in [4.78, 5) is 24.2. The summed E-state index contributed by atoms with van der Waals surface area (Å²) in [6, 6.07) is 8.96. The molecule has 2 aliphatic heterocycles. The van der Waals surface area contributed by atoms with E-state index in [1.807, 2.05) is 6.07 Å². The summed E-state index contributed by atoms with van der Waals surface area (Å²) in [5.41, 5.74) is 0. The lowest BCUT2D eigenvalue weighted by molar-refractivity contribution is -0.270. The molecule has 0 bridgehead atoms. The predicted molar refractivity (Wildman–Crippen MR) is 69.0 cm³/mol. The number of likely N-dealkylation sites (tertiary alicyclic amines) is 1. The van der Waals surface area contributed by atoms with Crippen LogP contribution in [0.5, 0.6) is 5.75 Å². The van der Waals surface area contributed by atoms with Gasteiger partial charge in [-0.25, -0.2) is 14.5 Å². The van der Waals surface area contributed by atoms with Crippen molar-refractivity contribution in [2.75, 3.05) is 13.1 Å². The molecule has 2 unspecified atom stereocenters. The Balaban J connectivity index is 1.83. The van der Waals surface area contributed by atoms with Crippen LogP contribution in [0.2, 0.25) is 0 Å². The predicted octanol–water partition coefficient (Wildman–Crippen LogP) is -0.116. The summed E-state index contributed by atoms with van der Waals surface area (Å²) in [6.07, 6.45) is -1.96. The van der Waals surface area contributed by atoms with Crippen molar-refractivity contribution in [1.29, 1.82) is 0 Å². The van der Waals surface area contributed by atoms with Crippen LogP contribution < -0.4 is 4.74 Å². The number of carbonyl (C=O) groups is 2. The Kier molecular flexibility index (Phi) is 3.30. The maximum Gasteiger partial charge on any atom is 0.422 e. The van der Waals surface area contributed by atoms with E-state index in [0.29, 0.717) is 12.3 Å². The van der Waals surface area contributed by atoms with Crippen LogP contribution >= 0.6 is 0 Å². The van der Waals surface area contributed by atoms with Gasteiger partial charge in [-0.1, -0.05) is 25.1 Å². The Morgan fingerprint density at radius 2 is 1.90 bits per heavy atom. The number of hydrogen-bond donors (Lipinski definition) is 1. The highest BCUT2D eigenvalue weighted by Gasteiger charge is 2.65. The zero-order valence-electron chi connectivity index (χ0n) is 11.4. The Bertz CT molecular complexity index is 544. The molecular formula is C14H15NO6. The molecule has 1 aromatic rings. The number of carbonyl (C=O) groups excluding carboxylic acids is 2. The van der Waals surface area contributed by atoms with E-state index in [-0.39, 0.29) is 6.54 Å². The van der Waals surface area contributed by atoms with Gasteiger partial charge in [-0.15, -0.1) is 0 Å². The minimum absolute atomic E-state index is 0.271. The summed E-state index contributed by atoms with van der Waals surface area (Å²) in [5.74, 6) is -3.41. The molecule has 112 valence electrons. The van der Waals surface area contributed by atoms with E-state index in [2.05, 4.69) is 0 Å². The van der Waals surface area contributed by atoms with Gasteiger partial charge in [0, 0.05) is 13.1 Å². The Hall–Kier alpha value is -2.12. The standard InChI is InChI=1S/C14H15NO6/c1-2-15-8-10(19-9-6-4-3-5-7-9)11(16)14(15)20-12(17)13(18)21-14/h3-7,10-11,16H,2,8H2,1H3. The topological polar surface area (TPSA) is 85.3 Å². The molecule has 2 fully saturated rings. The van der Waals surface area contributed by atoms with E-state index in [4.69, 9.17) is 14.2 Å². The number of likely N-dealkylation sites (N-methyl/N-ethyl adjacent to an activating group) is 1. The summed E-state index contributed by atoms with van der Waals surface area (Å²) in [7, 11) is 0. The molecule has 7 heteroatoms. The zero-order valence-corrected chi connectivity index (χ0v) is 11.4. The van der Waals surface area contributed by atoms with E-state index >= 15 is 0 Å². The highest BCUT2D eigenvalue weighted by molar-refractivity contribution is 6.31. The number of rotatable bonds is 3. The fourth-order valence-electron chi connectivity index (χ4n) is 2.61. The number of hydrogen-bond acceptors (Lipinski definition) is 7. The van der Waals surface area contributed by atoms with Crippen molar-refractivity contribution in [3.63, 3.8) is 0 Å². The van der Waals surface area contributed by atoms with Crippen LogP contribution in [0, 0.1) is 0 Å². The van der Waals surface area contributed by atoms with Crippen molar-refractivity contribution in [3.8, 4) is 5.75 Å². The third-order valence-corrected chi connectivity index (χ3v) is 3.62. The summed E-state index contributed by atoms with van der Waals surface area (Å²) < 4.78 is 15.7. The SMILES string of the molecule is CCN1CC(Oc2ccccc2)C(O)C12OC(=O)C(=O)O2. The van der Waals surface area contributed by atoms with E-state index in [1.54, 1.807) is 36.1 Å². The van der Waals surface area contributed by atoms with Gasteiger partial charge in [0.1, 0.15) is 11.9 Å². The monoisotopic (exact) mass is 293 g/mol. The van der Waals surface area contributed by atoms with Gasteiger partial charge in [0.25, 0.3) is 0 Å². The molecule has 1 spiro atoms. The molecule has 21 heavy (non-hydrogen) atoms. The number of esters is 2. The van der Waals surface area contributed by atoms with Crippen molar-refractivity contribution in [2.24, 2.45) is 0 Å². The lowest BCUT2D eigenvalue weighted by Gasteiger charge is -2.31. The average Bonchev–Trinajstić information content (AvgIpc) is 2.92. The largest absolute Gasteiger partial charge is 0.486 e. The molecule has 0 amide bonds. The summed E-state index contributed by atoms with van der Waals surface area (Å²) >= 11 is 0. The van der Waals surface area contributed by atoms with Crippen molar-refractivity contribution in [2.45, 2.75) is 25.0 Å². The smallest absolute Gasteiger partial charge is 0.422 e. The Morgan fingerprint density at radius 3 is 2.48 bits per heavy atom. The maximum absolute atomic E-state index is 11.3. The normalized spacial score (nSPS) is 27.7. The molecule has 3 rings (SSSR count). The van der Waals surface area contributed by atoms with Crippen molar-refractivity contribution < 1.29 is 28.9 Å². The fraction of sp³-hybridized carbons (Fsp3) is 0.429. The summed E-state index contributed by atoms with van der Waals surface area (Å²) in [5, 5.41) is 10.4. The number of aliphatic hydroxyl groups is 1. The third kappa shape index (κ3) is 2.14. The molecule has 7 nitrogen and oxygen atoms in total. The van der Waals surface area contributed by atoms with Gasteiger partial charge in [-0.05, 0) is 12.1 Å². The second-order valence-corrected chi connectivity index (χ2v) is 4.86. The van der Waals surface area contributed by atoms with Crippen LogP contribution in [0.4, 0.5) is 0 Å². The van der Waals surface area contributed by atoms with E-state index in [1.165, 1.54) is 0 Å². The van der Waals surface area contributed by atoms with Gasteiger partial charge in [-0.3, -0.25) is 0 Å². The Morgan fingerprint density at radius 1 is 1.29 bits per heavy atom. The quantitative estimate of drug-likeness (QED) is 0.614. The molecule has 1 N–H and O–H groups in total. The third-order valence-electron chi connectivity index (χ3n) is 3.62. The van der Waals surface area contributed by atoms with Crippen molar-refractivity contribution >= 4 is 11.9 Å². The first-order valence-corrected chi connectivity index (χ1v) is 6.68. The second-order valence-electron chi connectivity index (χ2n) is 4.86. The lowest BCUT2D eigenvalue weighted by Crippen LogP contribution is -2.53. The second kappa shape index (κ2) is 5.01. The first-order valence-electron chi connectivity index (χ1n) is 6.68. The molecule has 2 heterocycles. The highest BCUT2D eigenvalue weighted by atomic mass is 16.8. The molecule has 0 saturated carbocycles. The molecule has 1 aromatic carbocycles. The molecular weight excluding hydrogens is 278 g/mol. The minimum atomic E-state index is -1.78.